The van der Waals surface area contributed by atoms with Gasteiger partial charge in [0.05, 0.1) is 16.4 Å². The number of aromatic nitrogens is 1. The summed E-state index contributed by atoms with van der Waals surface area (Å²) in [5.41, 5.74) is 7.26. The minimum absolute atomic E-state index is 0.239. The molecule has 1 amide bonds. The maximum absolute atomic E-state index is 12.0. The van der Waals surface area contributed by atoms with Crippen LogP contribution in [0.1, 0.15) is 10.5 Å². The van der Waals surface area contributed by atoms with Crippen LogP contribution in [0.4, 0.5) is 11.4 Å². The largest absolute Gasteiger partial charge is 0.397 e. The van der Waals surface area contributed by atoms with E-state index in [1.165, 1.54) is 0 Å². The number of anilines is 2. The molecule has 3 N–H and O–H groups in total. The van der Waals surface area contributed by atoms with Crippen LogP contribution in [0.25, 0.3) is 0 Å². The molecule has 0 aliphatic heterocycles. The highest BCUT2D eigenvalue weighted by Gasteiger charge is 2.12. The highest BCUT2D eigenvalue weighted by atomic mass is 127. The van der Waals surface area contributed by atoms with E-state index in [4.69, 9.17) is 17.3 Å². The number of benzene rings is 1. The molecule has 0 saturated carbocycles. The van der Waals surface area contributed by atoms with Crippen molar-refractivity contribution < 1.29 is 4.79 Å². The SMILES string of the molecule is Cn1cc(N)cc1C(=O)Nc1ccc(I)cc1Cl. The fourth-order valence-electron chi connectivity index (χ4n) is 1.59. The number of nitrogen functional groups attached to an aromatic ring is 1. The van der Waals surface area contributed by atoms with Gasteiger partial charge in [0, 0.05) is 16.8 Å². The van der Waals surface area contributed by atoms with Gasteiger partial charge >= 0.3 is 0 Å². The highest BCUT2D eigenvalue weighted by Crippen LogP contribution is 2.24. The Morgan fingerprint density at radius 2 is 2.17 bits per heavy atom. The number of carbonyl (C=O) groups is 1. The Bertz CT molecular complexity index is 609. The standard InChI is InChI=1S/C12H11ClIN3O/c1-17-6-8(15)5-11(17)12(18)16-10-3-2-7(14)4-9(10)13/h2-6H,15H2,1H3,(H,16,18). The van der Waals surface area contributed by atoms with Crippen molar-refractivity contribution in [1.29, 1.82) is 0 Å². The first-order valence-electron chi connectivity index (χ1n) is 5.15. The number of nitrogens with zero attached hydrogens (tertiary/aromatic N) is 1. The topological polar surface area (TPSA) is 60.0 Å². The molecule has 0 atom stereocenters. The maximum atomic E-state index is 12.0. The van der Waals surface area contributed by atoms with E-state index in [1.807, 2.05) is 6.07 Å². The molecular formula is C12H11ClIN3O. The molecule has 0 fully saturated rings. The molecule has 2 rings (SSSR count). The van der Waals surface area contributed by atoms with E-state index in [0.29, 0.717) is 22.1 Å². The van der Waals surface area contributed by atoms with E-state index in [2.05, 4.69) is 27.9 Å². The van der Waals surface area contributed by atoms with Gasteiger partial charge in [0.15, 0.2) is 0 Å². The second kappa shape index (κ2) is 5.19. The Hall–Kier alpha value is -1.21. The lowest BCUT2D eigenvalue weighted by atomic mass is 10.3. The summed E-state index contributed by atoms with van der Waals surface area (Å²) in [5, 5.41) is 3.27. The van der Waals surface area contributed by atoms with E-state index in [9.17, 15) is 4.79 Å². The number of hydrogen-bond acceptors (Lipinski definition) is 2. The Morgan fingerprint density at radius 1 is 1.44 bits per heavy atom. The van der Waals surface area contributed by atoms with Crippen LogP contribution in [-0.4, -0.2) is 10.5 Å². The summed E-state index contributed by atoms with van der Waals surface area (Å²) in [7, 11) is 1.76. The van der Waals surface area contributed by atoms with E-state index in [1.54, 1.807) is 36.0 Å². The van der Waals surface area contributed by atoms with Gasteiger partial charge in [-0.1, -0.05) is 11.6 Å². The fraction of sp³-hybridized carbons (Fsp3) is 0.0833. The van der Waals surface area contributed by atoms with Crippen LogP contribution < -0.4 is 11.1 Å². The van der Waals surface area contributed by atoms with Gasteiger partial charge in [-0.25, -0.2) is 0 Å². The van der Waals surface area contributed by atoms with Gasteiger partial charge in [-0.15, -0.1) is 0 Å². The van der Waals surface area contributed by atoms with Crippen LogP contribution in [0.5, 0.6) is 0 Å². The maximum Gasteiger partial charge on any atom is 0.272 e. The van der Waals surface area contributed by atoms with Crippen LogP contribution in [0.3, 0.4) is 0 Å². The van der Waals surface area contributed by atoms with Crippen molar-refractivity contribution in [2.24, 2.45) is 7.05 Å². The summed E-state index contributed by atoms with van der Waals surface area (Å²) >= 11 is 8.21. The molecule has 18 heavy (non-hydrogen) atoms. The van der Waals surface area contributed by atoms with Gasteiger partial charge in [-0.05, 0) is 46.9 Å². The summed E-state index contributed by atoms with van der Waals surface area (Å²) in [6.45, 7) is 0. The Balaban J connectivity index is 2.24. The second-order valence-corrected chi connectivity index (χ2v) is 5.50. The molecule has 0 saturated heterocycles. The summed E-state index contributed by atoms with van der Waals surface area (Å²) in [5.74, 6) is -0.239. The molecule has 0 bridgehead atoms. The molecule has 94 valence electrons. The number of carbonyl (C=O) groups excluding carboxylic acids is 1. The predicted molar refractivity (Wildman–Crippen MR) is 81.9 cm³/mol. The molecule has 6 heteroatoms. The Morgan fingerprint density at radius 3 is 2.72 bits per heavy atom. The molecule has 0 aliphatic rings. The van der Waals surface area contributed by atoms with Gasteiger partial charge in [-0.2, -0.15) is 0 Å². The van der Waals surface area contributed by atoms with Crippen LogP contribution >= 0.6 is 34.2 Å². The van der Waals surface area contributed by atoms with E-state index in [-0.39, 0.29) is 5.91 Å². The van der Waals surface area contributed by atoms with Gasteiger partial charge < -0.3 is 15.6 Å². The fourth-order valence-corrected chi connectivity index (χ4v) is 2.50. The van der Waals surface area contributed by atoms with E-state index < -0.39 is 0 Å². The number of amides is 1. The number of aryl methyl sites for hydroxylation is 1. The lowest BCUT2D eigenvalue weighted by Crippen LogP contribution is -2.15. The lowest BCUT2D eigenvalue weighted by molar-refractivity contribution is 0.101. The summed E-state index contributed by atoms with van der Waals surface area (Å²) in [6, 6.07) is 7.06. The molecule has 1 heterocycles. The summed E-state index contributed by atoms with van der Waals surface area (Å²) in [4.78, 5) is 12.0. The number of nitrogens with one attached hydrogen (secondary N) is 1. The summed E-state index contributed by atoms with van der Waals surface area (Å²) in [6.07, 6.45) is 1.68. The van der Waals surface area contributed by atoms with Crippen LogP contribution in [0.2, 0.25) is 5.02 Å². The van der Waals surface area contributed by atoms with Crippen molar-refractivity contribution in [1.82, 2.24) is 4.57 Å². The number of hydrogen-bond donors (Lipinski definition) is 2. The first-order chi connectivity index (χ1) is 8.47. The van der Waals surface area contributed by atoms with Crippen LogP contribution in [-0.2, 0) is 7.05 Å². The average molecular weight is 376 g/mol. The number of rotatable bonds is 2. The number of halogens is 2. The second-order valence-electron chi connectivity index (χ2n) is 3.85. The van der Waals surface area contributed by atoms with Gasteiger partial charge in [-0.3, -0.25) is 4.79 Å². The molecular weight excluding hydrogens is 365 g/mol. The highest BCUT2D eigenvalue weighted by molar-refractivity contribution is 14.1. The number of nitrogens with two attached hydrogens (primary N) is 1. The van der Waals surface area contributed by atoms with Crippen molar-refractivity contribution in [2.75, 3.05) is 11.1 Å². The third-order valence-electron chi connectivity index (χ3n) is 2.44. The van der Waals surface area contributed by atoms with Crippen molar-refractivity contribution in [3.8, 4) is 0 Å². The van der Waals surface area contributed by atoms with Crippen molar-refractivity contribution in [3.05, 3.63) is 44.7 Å². The third kappa shape index (κ3) is 2.78. The molecule has 1 aromatic heterocycles. The van der Waals surface area contributed by atoms with Gasteiger partial charge in [0.25, 0.3) is 5.91 Å². The Labute approximate surface area is 123 Å². The smallest absolute Gasteiger partial charge is 0.272 e. The zero-order valence-corrected chi connectivity index (χ0v) is 12.5. The van der Waals surface area contributed by atoms with Crippen molar-refractivity contribution in [3.63, 3.8) is 0 Å². The summed E-state index contributed by atoms with van der Waals surface area (Å²) < 4.78 is 2.68. The molecule has 0 unspecified atom stereocenters. The van der Waals surface area contributed by atoms with Crippen molar-refractivity contribution in [2.45, 2.75) is 0 Å². The van der Waals surface area contributed by atoms with Gasteiger partial charge in [0.2, 0.25) is 0 Å². The first kappa shape index (κ1) is 13.2. The molecule has 2 aromatic rings. The minimum Gasteiger partial charge on any atom is -0.397 e. The molecule has 0 spiro atoms. The van der Waals surface area contributed by atoms with E-state index in [0.717, 1.165) is 3.57 Å². The third-order valence-corrected chi connectivity index (χ3v) is 3.42. The van der Waals surface area contributed by atoms with Crippen LogP contribution in [0, 0.1) is 3.57 Å². The quantitative estimate of drug-likeness (QED) is 0.792. The van der Waals surface area contributed by atoms with Gasteiger partial charge in [0.1, 0.15) is 5.69 Å². The lowest BCUT2D eigenvalue weighted by Gasteiger charge is -2.08. The molecule has 1 aromatic carbocycles. The molecule has 0 aliphatic carbocycles. The zero-order valence-electron chi connectivity index (χ0n) is 9.58. The first-order valence-corrected chi connectivity index (χ1v) is 6.61. The molecule has 0 radical (unpaired) electrons. The Kier molecular flexibility index (Phi) is 3.82. The van der Waals surface area contributed by atoms with E-state index >= 15 is 0 Å². The normalized spacial score (nSPS) is 10.4. The average Bonchev–Trinajstić information content (AvgIpc) is 2.62. The zero-order chi connectivity index (χ0) is 13.3. The van der Waals surface area contributed by atoms with Crippen LogP contribution in [0.15, 0.2) is 30.5 Å². The van der Waals surface area contributed by atoms with Crippen molar-refractivity contribution >= 4 is 51.5 Å². The monoisotopic (exact) mass is 375 g/mol. The predicted octanol–water partition coefficient (Wildman–Crippen LogP) is 3.12. The molecule has 4 nitrogen and oxygen atoms in total. The minimum atomic E-state index is -0.239.